The first-order valence-electron chi connectivity index (χ1n) is 5.91. The summed E-state index contributed by atoms with van der Waals surface area (Å²) in [6.45, 7) is 4.48. The zero-order chi connectivity index (χ0) is 10.7. The number of hydrogen-bond acceptors (Lipinski definition) is 4. The van der Waals surface area contributed by atoms with E-state index in [1.807, 2.05) is 0 Å². The fourth-order valence-electron chi connectivity index (χ4n) is 2.83. The summed E-state index contributed by atoms with van der Waals surface area (Å²) in [5.41, 5.74) is 0. The standard InChI is InChI=1S/C11H22N2O2/c1-15-8-10(7-14)12-11-3-5-13-4-2-9(11)6-13/h9-12,14H,2-8H2,1H3. The predicted molar refractivity (Wildman–Crippen MR) is 58.8 cm³/mol. The van der Waals surface area contributed by atoms with Crippen molar-refractivity contribution in [2.45, 2.75) is 24.9 Å². The van der Waals surface area contributed by atoms with Crippen LogP contribution in [0, 0.1) is 5.92 Å². The van der Waals surface area contributed by atoms with Gasteiger partial charge >= 0.3 is 0 Å². The number of nitrogens with zero attached hydrogens (tertiary/aromatic N) is 1. The van der Waals surface area contributed by atoms with Gasteiger partial charge in [-0.1, -0.05) is 0 Å². The van der Waals surface area contributed by atoms with Gasteiger partial charge in [0.15, 0.2) is 0 Å². The minimum absolute atomic E-state index is 0.104. The number of hydrogen-bond donors (Lipinski definition) is 2. The van der Waals surface area contributed by atoms with Crippen LogP contribution in [0.25, 0.3) is 0 Å². The summed E-state index contributed by atoms with van der Waals surface area (Å²) in [4.78, 5) is 2.53. The van der Waals surface area contributed by atoms with E-state index in [9.17, 15) is 5.11 Å². The number of aliphatic hydroxyl groups is 1. The summed E-state index contributed by atoms with van der Waals surface area (Å²) in [5, 5.41) is 12.7. The predicted octanol–water partition coefficient (Wildman–Crippen LogP) is -0.322. The van der Waals surface area contributed by atoms with E-state index < -0.39 is 0 Å². The van der Waals surface area contributed by atoms with Crippen molar-refractivity contribution in [3.05, 3.63) is 0 Å². The number of aliphatic hydroxyl groups excluding tert-OH is 1. The third-order valence-electron chi connectivity index (χ3n) is 3.67. The molecule has 2 aliphatic heterocycles. The second-order valence-electron chi connectivity index (χ2n) is 4.75. The molecule has 2 bridgehead atoms. The Morgan fingerprint density at radius 1 is 1.47 bits per heavy atom. The fourth-order valence-corrected chi connectivity index (χ4v) is 2.83. The Kier molecular flexibility index (Phi) is 3.97. The molecule has 0 aromatic carbocycles. The number of ether oxygens (including phenoxy) is 1. The summed E-state index contributed by atoms with van der Waals surface area (Å²) in [5.74, 6) is 0.782. The van der Waals surface area contributed by atoms with E-state index in [1.165, 1.54) is 32.5 Å². The van der Waals surface area contributed by atoms with Crippen LogP contribution in [0.2, 0.25) is 0 Å². The number of nitrogens with one attached hydrogen (secondary N) is 1. The highest BCUT2D eigenvalue weighted by atomic mass is 16.5. The van der Waals surface area contributed by atoms with Gasteiger partial charge in [0, 0.05) is 19.7 Å². The van der Waals surface area contributed by atoms with Crippen LogP contribution in [0.15, 0.2) is 0 Å². The molecule has 4 heteroatoms. The van der Waals surface area contributed by atoms with Gasteiger partial charge in [-0.2, -0.15) is 0 Å². The van der Waals surface area contributed by atoms with Gasteiger partial charge in [-0.15, -0.1) is 0 Å². The van der Waals surface area contributed by atoms with Gasteiger partial charge in [0.05, 0.1) is 19.3 Å². The number of rotatable bonds is 5. The van der Waals surface area contributed by atoms with E-state index in [1.54, 1.807) is 7.11 Å². The fraction of sp³-hybridized carbons (Fsp3) is 1.00. The Morgan fingerprint density at radius 2 is 2.27 bits per heavy atom. The summed E-state index contributed by atoms with van der Waals surface area (Å²) in [6.07, 6.45) is 2.52. The second kappa shape index (κ2) is 5.25. The van der Waals surface area contributed by atoms with Crippen LogP contribution in [0.4, 0.5) is 0 Å². The molecule has 2 saturated heterocycles. The van der Waals surface area contributed by atoms with Crippen LogP contribution < -0.4 is 5.32 Å². The third-order valence-corrected chi connectivity index (χ3v) is 3.67. The van der Waals surface area contributed by atoms with Crippen molar-refractivity contribution < 1.29 is 9.84 Å². The maximum absolute atomic E-state index is 9.20. The molecule has 2 rings (SSSR count). The molecule has 2 N–H and O–H groups in total. The summed E-state index contributed by atoms with van der Waals surface area (Å²) in [7, 11) is 1.68. The van der Waals surface area contributed by atoms with Crippen LogP contribution in [-0.4, -0.2) is 62.0 Å². The van der Waals surface area contributed by atoms with Crippen molar-refractivity contribution in [1.82, 2.24) is 10.2 Å². The van der Waals surface area contributed by atoms with Crippen LogP contribution in [0.3, 0.4) is 0 Å². The van der Waals surface area contributed by atoms with Gasteiger partial charge in [0.2, 0.25) is 0 Å². The second-order valence-corrected chi connectivity index (χ2v) is 4.75. The molecule has 0 saturated carbocycles. The molecule has 0 aromatic rings. The highest BCUT2D eigenvalue weighted by Crippen LogP contribution is 2.27. The molecule has 4 nitrogen and oxygen atoms in total. The number of fused-ring (bicyclic) bond motifs is 2. The molecule has 0 aliphatic carbocycles. The molecule has 4 unspecified atom stereocenters. The highest BCUT2D eigenvalue weighted by Gasteiger charge is 2.34. The molecule has 0 radical (unpaired) electrons. The molecular weight excluding hydrogens is 192 g/mol. The quantitative estimate of drug-likeness (QED) is 0.658. The van der Waals surface area contributed by atoms with Crippen LogP contribution in [0.5, 0.6) is 0 Å². The maximum Gasteiger partial charge on any atom is 0.0638 e. The van der Waals surface area contributed by atoms with Crippen molar-refractivity contribution in [1.29, 1.82) is 0 Å². The Balaban J connectivity index is 1.82. The van der Waals surface area contributed by atoms with E-state index in [0.29, 0.717) is 12.6 Å². The first kappa shape index (κ1) is 11.3. The molecule has 88 valence electrons. The normalized spacial score (nSPS) is 36.8. The van der Waals surface area contributed by atoms with E-state index in [-0.39, 0.29) is 12.6 Å². The van der Waals surface area contributed by atoms with E-state index in [2.05, 4.69) is 10.2 Å². The molecule has 2 aliphatic rings. The zero-order valence-electron chi connectivity index (χ0n) is 9.48. The summed E-state index contributed by atoms with van der Waals surface area (Å²) >= 11 is 0. The smallest absolute Gasteiger partial charge is 0.0638 e. The molecule has 15 heavy (non-hydrogen) atoms. The number of piperidine rings is 1. The average Bonchev–Trinajstić information content (AvgIpc) is 2.64. The van der Waals surface area contributed by atoms with E-state index in [4.69, 9.17) is 4.74 Å². The zero-order valence-corrected chi connectivity index (χ0v) is 9.48. The third kappa shape index (κ3) is 2.69. The lowest BCUT2D eigenvalue weighted by Crippen LogP contribution is -2.50. The monoisotopic (exact) mass is 214 g/mol. The lowest BCUT2D eigenvalue weighted by molar-refractivity contribution is 0.107. The Hall–Kier alpha value is -0.160. The molecule has 0 amide bonds. The van der Waals surface area contributed by atoms with Crippen molar-refractivity contribution in [2.24, 2.45) is 5.92 Å². The van der Waals surface area contributed by atoms with Gasteiger partial charge < -0.3 is 20.1 Å². The van der Waals surface area contributed by atoms with Gasteiger partial charge in [-0.05, 0) is 31.8 Å². The molecule has 4 atom stereocenters. The topological polar surface area (TPSA) is 44.7 Å². The minimum Gasteiger partial charge on any atom is -0.395 e. The molecular formula is C11H22N2O2. The van der Waals surface area contributed by atoms with E-state index in [0.717, 1.165) is 5.92 Å². The lowest BCUT2D eigenvalue weighted by Gasteiger charge is -2.33. The van der Waals surface area contributed by atoms with Crippen molar-refractivity contribution in [2.75, 3.05) is 40.0 Å². The molecule has 0 spiro atoms. The summed E-state index contributed by atoms with van der Waals surface area (Å²) < 4.78 is 5.08. The summed E-state index contributed by atoms with van der Waals surface area (Å²) in [6, 6.07) is 0.684. The van der Waals surface area contributed by atoms with Crippen LogP contribution >= 0.6 is 0 Å². The van der Waals surface area contributed by atoms with Crippen molar-refractivity contribution in [3.8, 4) is 0 Å². The first-order valence-corrected chi connectivity index (χ1v) is 5.91. The largest absolute Gasteiger partial charge is 0.395 e. The van der Waals surface area contributed by atoms with Crippen molar-refractivity contribution >= 4 is 0 Å². The Labute approximate surface area is 91.6 Å². The van der Waals surface area contributed by atoms with Gasteiger partial charge in [0.1, 0.15) is 0 Å². The molecule has 2 heterocycles. The first-order chi connectivity index (χ1) is 7.33. The maximum atomic E-state index is 9.20. The minimum atomic E-state index is 0.104. The Bertz CT molecular complexity index is 201. The van der Waals surface area contributed by atoms with Crippen molar-refractivity contribution in [3.63, 3.8) is 0 Å². The van der Waals surface area contributed by atoms with Gasteiger partial charge in [0.25, 0.3) is 0 Å². The SMILES string of the molecule is COCC(CO)NC1CCN2CCC1C2. The van der Waals surface area contributed by atoms with Gasteiger partial charge in [-0.3, -0.25) is 0 Å². The average molecular weight is 214 g/mol. The van der Waals surface area contributed by atoms with Crippen LogP contribution in [0.1, 0.15) is 12.8 Å². The van der Waals surface area contributed by atoms with E-state index >= 15 is 0 Å². The lowest BCUT2D eigenvalue weighted by atomic mass is 9.93. The Morgan fingerprint density at radius 3 is 3.00 bits per heavy atom. The molecule has 0 aromatic heterocycles. The van der Waals surface area contributed by atoms with Crippen LogP contribution in [-0.2, 0) is 4.74 Å². The highest BCUT2D eigenvalue weighted by molar-refractivity contribution is 4.92. The van der Waals surface area contributed by atoms with Gasteiger partial charge in [-0.25, -0.2) is 0 Å². The molecule has 2 fully saturated rings. The number of methoxy groups -OCH3 is 1.